The molecule has 2 saturated heterocycles. The molecule has 2 aliphatic rings. The highest BCUT2D eigenvalue weighted by molar-refractivity contribution is 5.89. The number of carbonyl (C=O) groups excluding carboxylic acids is 2. The van der Waals surface area contributed by atoms with Crippen molar-refractivity contribution in [3.63, 3.8) is 0 Å². The number of piperazine rings is 1. The van der Waals surface area contributed by atoms with Gasteiger partial charge in [-0.1, -0.05) is 12.1 Å². The monoisotopic (exact) mass is 397 g/mol. The van der Waals surface area contributed by atoms with Gasteiger partial charge in [-0.2, -0.15) is 0 Å². The molecule has 1 atom stereocenters. The van der Waals surface area contributed by atoms with Crippen LogP contribution in [0.5, 0.6) is 0 Å². The zero-order valence-corrected chi connectivity index (χ0v) is 16.2. The van der Waals surface area contributed by atoms with E-state index in [9.17, 15) is 14.0 Å². The number of piperidine rings is 1. The maximum Gasteiger partial charge on any atom is 0.245 e. The molecular formula is C21H24FN5O2. The summed E-state index contributed by atoms with van der Waals surface area (Å²) in [5.74, 6) is 0.334. The van der Waals surface area contributed by atoms with E-state index < -0.39 is 6.04 Å². The predicted octanol–water partition coefficient (Wildman–Crippen LogP) is 1.85. The fourth-order valence-corrected chi connectivity index (χ4v) is 3.95. The Morgan fingerprint density at radius 3 is 2.45 bits per heavy atom. The molecule has 8 heteroatoms. The van der Waals surface area contributed by atoms with Gasteiger partial charge < -0.3 is 14.7 Å². The highest BCUT2D eigenvalue weighted by atomic mass is 19.1. The molecule has 4 rings (SSSR count). The van der Waals surface area contributed by atoms with E-state index in [1.54, 1.807) is 35.5 Å². The average molecular weight is 397 g/mol. The van der Waals surface area contributed by atoms with Gasteiger partial charge in [-0.3, -0.25) is 9.59 Å². The van der Waals surface area contributed by atoms with Crippen LogP contribution >= 0.6 is 0 Å². The summed E-state index contributed by atoms with van der Waals surface area (Å²) in [5.41, 5.74) is 0.825. The zero-order chi connectivity index (χ0) is 20.2. The molecule has 29 heavy (non-hydrogen) atoms. The molecule has 0 radical (unpaired) electrons. The van der Waals surface area contributed by atoms with E-state index in [1.165, 1.54) is 12.1 Å². The lowest BCUT2D eigenvalue weighted by molar-refractivity contribution is -0.149. The van der Waals surface area contributed by atoms with Crippen molar-refractivity contribution < 1.29 is 14.0 Å². The number of rotatable bonds is 4. The lowest BCUT2D eigenvalue weighted by Crippen LogP contribution is -2.57. The van der Waals surface area contributed by atoms with Crippen molar-refractivity contribution in [3.05, 3.63) is 54.1 Å². The maximum absolute atomic E-state index is 13.2. The van der Waals surface area contributed by atoms with Crippen molar-refractivity contribution in [3.8, 4) is 0 Å². The number of nitrogens with zero attached hydrogens (tertiary/aromatic N) is 5. The summed E-state index contributed by atoms with van der Waals surface area (Å²) in [4.78, 5) is 39.9. The number of hydrogen-bond donors (Lipinski definition) is 0. The quantitative estimate of drug-likeness (QED) is 0.788. The van der Waals surface area contributed by atoms with Crippen molar-refractivity contribution >= 4 is 17.8 Å². The molecule has 0 bridgehead atoms. The Bertz CT molecular complexity index is 853. The molecule has 7 nitrogen and oxygen atoms in total. The first-order valence-electron chi connectivity index (χ1n) is 9.96. The number of aromatic nitrogens is 2. The van der Waals surface area contributed by atoms with E-state index in [0.717, 1.165) is 5.56 Å². The largest absolute Gasteiger partial charge is 0.337 e. The number of benzene rings is 1. The highest BCUT2D eigenvalue weighted by Gasteiger charge is 2.36. The molecular weight excluding hydrogens is 373 g/mol. The summed E-state index contributed by atoms with van der Waals surface area (Å²) in [5, 5.41) is 0. The molecule has 2 aliphatic heterocycles. The highest BCUT2D eigenvalue weighted by Crippen LogP contribution is 2.23. The van der Waals surface area contributed by atoms with Gasteiger partial charge in [0.1, 0.15) is 11.9 Å². The summed E-state index contributed by atoms with van der Waals surface area (Å²) in [6.07, 6.45) is 5.24. The van der Waals surface area contributed by atoms with E-state index in [1.807, 2.05) is 4.90 Å². The molecule has 2 aromatic rings. The van der Waals surface area contributed by atoms with Gasteiger partial charge in [-0.15, -0.1) is 0 Å². The van der Waals surface area contributed by atoms with Crippen LogP contribution in [0.1, 0.15) is 24.8 Å². The number of amides is 2. The van der Waals surface area contributed by atoms with Gasteiger partial charge in [0, 0.05) is 51.5 Å². The summed E-state index contributed by atoms with van der Waals surface area (Å²) in [7, 11) is 0. The summed E-state index contributed by atoms with van der Waals surface area (Å²) < 4.78 is 13.2. The molecule has 0 saturated carbocycles. The Kier molecular flexibility index (Phi) is 5.69. The van der Waals surface area contributed by atoms with E-state index in [4.69, 9.17) is 0 Å². The van der Waals surface area contributed by atoms with Crippen LogP contribution in [0.2, 0.25) is 0 Å². The minimum absolute atomic E-state index is 0.00575. The average Bonchev–Trinajstić information content (AvgIpc) is 2.77. The summed E-state index contributed by atoms with van der Waals surface area (Å²) in [6.45, 7) is 2.80. The fraction of sp³-hybridized carbons (Fsp3) is 0.429. The van der Waals surface area contributed by atoms with Crippen LogP contribution in [0, 0.1) is 5.82 Å². The number of halogens is 1. The minimum Gasteiger partial charge on any atom is -0.337 e. The lowest BCUT2D eigenvalue weighted by atomic mass is 9.99. The maximum atomic E-state index is 13.2. The van der Waals surface area contributed by atoms with Crippen LogP contribution in [-0.4, -0.2) is 63.8 Å². The molecule has 152 valence electrons. The normalized spacial score (nSPS) is 20.1. The standard InChI is InChI=1S/C21H24FN5O2/c22-17-7-5-16(6-8-17)15-27-18(3-1-4-19(27)28)20(29)25-11-13-26(14-12-25)21-23-9-2-10-24-21/h2,5-10,18H,1,3-4,11-15H2. The third-order valence-electron chi connectivity index (χ3n) is 5.54. The molecule has 1 aromatic heterocycles. The minimum atomic E-state index is -0.458. The van der Waals surface area contributed by atoms with Gasteiger partial charge in [0.05, 0.1) is 0 Å². The molecule has 0 N–H and O–H groups in total. The Hall–Kier alpha value is -3.03. The predicted molar refractivity (Wildman–Crippen MR) is 105 cm³/mol. The van der Waals surface area contributed by atoms with Crippen molar-refractivity contribution in [1.82, 2.24) is 19.8 Å². The van der Waals surface area contributed by atoms with Crippen LogP contribution in [0.25, 0.3) is 0 Å². The van der Waals surface area contributed by atoms with Crippen LogP contribution in [-0.2, 0) is 16.1 Å². The first kappa shape index (κ1) is 19.3. The fourth-order valence-electron chi connectivity index (χ4n) is 3.95. The second-order valence-electron chi connectivity index (χ2n) is 7.42. The van der Waals surface area contributed by atoms with Crippen molar-refractivity contribution in [2.24, 2.45) is 0 Å². The summed E-state index contributed by atoms with van der Waals surface area (Å²) >= 11 is 0. The lowest BCUT2D eigenvalue weighted by Gasteiger charge is -2.40. The number of likely N-dealkylation sites (tertiary alicyclic amines) is 1. The Labute approximate surface area is 169 Å². The molecule has 1 unspecified atom stereocenters. The number of hydrogen-bond acceptors (Lipinski definition) is 5. The second-order valence-corrected chi connectivity index (χ2v) is 7.42. The van der Waals surface area contributed by atoms with Crippen molar-refractivity contribution in [1.29, 1.82) is 0 Å². The van der Waals surface area contributed by atoms with Crippen molar-refractivity contribution in [2.75, 3.05) is 31.1 Å². The zero-order valence-electron chi connectivity index (χ0n) is 16.2. The van der Waals surface area contributed by atoms with Crippen LogP contribution in [0.3, 0.4) is 0 Å². The SMILES string of the molecule is O=C(C1CCCC(=O)N1Cc1ccc(F)cc1)N1CCN(c2ncccn2)CC1. The second kappa shape index (κ2) is 8.55. The topological polar surface area (TPSA) is 69.6 Å². The van der Waals surface area contributed by atoms with E-state index in [0.29, 0.717) is 57.9 Å². The molecule has 2 fully saturated rings. The third-order valence-corrected chi connectivity index (χ3v) is 5.54. The van der Waals surface area contributed by atoms with E-state index in [-0.39, 0.29) is 17.6 Å². The first-order chi connectivity index (χ1) is 14.1. The molecule has 0 spiro atoms. The third kappa shape index (κ3) is 4.36. The first-order valence-corrected chi connectivity index (χ1v) is 9.96. The number of anilines is 1. The van der Waals surface area contributed by atoms with Gasteiger partial charge in [-0.25, -0.2) is 14.4 Å². The van der Waals surface area contributed by atoms with Crippen LogP contribution < -0.4 is 4.90 Å². The Balaban J connectivity index is 1.42. The van der Waals surface area contributed by atoms with Crippen molar-refractivity contribution in [2.45, 2.75) is 31.8 Å². The van der Waals surface area contributed by atoms with E-state index >= 15 is 0 Å². The van der Waals surface area contributed by atoms with Gasteiger partial charge in [-0.05, 0) is 36.6 Å². The van der Waals surface area contributed by atoms with Crippen LogP contribution in [0.4, 0.5) is 10.3 Å². The molecule has 3 heterocycles. The molecule has 2 amide bonds. The molecule has 1 aromatic carbocycles. The van der Waals surface area contributed by atoms with Gasteiger partial charge in [0.15, 0.2) is 0 Å². The van der Waals surface area contributed by atoms with Gasteiger partial charge in [0.25, 0.3) is 0 Å². The molecule has 0 aliphatic carbocycles. The van der Waals surface area contributed by atoms with Gasteiger partial charge in [0.2, 0.25) is 17.8 Å². The van der Waals surface area contributed by atoms with E-state index in [2.05, 4.69) is 14.9 Å². The van der Waals surface area contributed by atoms with Gasteiger partial charge >= 0.3 is 0 Å². The Morgan fingerprint density at radius 1 is 1.07 bits per heavy atom. The summed E-state index contributed by atoms with van der Waals surface area (Å²) in [6, 6.07) is 7.41. The number of carbonyl (C=O) groups is 2. The van der Waals surface area contributed by atoms with Crippen LogP contribution in [0.15, 0.2) is 42.7 Å². The smallest absolute Gasteiger partial charge is 0.245 e. The Morgan fingerprint density at radius 2 is 1.76 bits per heavy atom.